The van der Waals surface area contributed by atoms with Crippen molar-refractivity contribution in [3.05, 3.63) is 48.0 Å². The second kappa shape index (κ2) is 18.8. The van der Waals surface area contributed by atoms with Gasteiger partial charge in [-0.2, -0.15) is 0 Å². The van der Waals surface area contributed by atoms with Gasteiger partial charge in [0.1, 0.15) is 29.7 Å². The summed E-state index contributed by atoms with van der Waals surface area (Å²) < 4.78 is 38.6. The highest BCUT2D eigenvalue weighted by Gasteiger charge is 2.60. The Labute approximate surface area is 344 Å². The minimum atomic E-state index is -1.55. The number of nitrogens with zero attached hydrogens (tertiary/aromatic N) is 2. The summed E-state index contributed by atoms with van der Waals surface area (Å²) in [5, 5.41) is 14.4. The summed E-state index contributed by atoms with van der Waals surface area (Å²) in [6.07, 6.45) is -4.59. The number of alkyl carbamates (subject to hydrolysis) is 1. The van der Waals surface area contributed by atoms with Gasteiger partial charge in [-0.25, -0.2) is 9.59 Å². The molecule has 5 rings (SSSR count). The number of carbonyl (C=O) groups is 4. The van der Waals surface area contributed by atoms with Gasteiger partial charge in [-0.1, -0.05) is 64.6 Å². The lowest BCUT2D eigenvalue weighted by Crippen LogP contribution is -2.61. The van der Waals surface area contributed by atoms with Crippen LogP contribution in [-0.4, -0.2) is 133 Å². The maximum Gasteiger partial charge on any atom is 0.410 e. The minimum absolute atomic E-state index is 0.00240. The third-order valence-electron chi connectivity index (χ3n) is 12.9. The number of fused-ring (bicyclic) bond motifs is 4. The fraction of sp³-hybridized carbons (Fsp3) is 0.727. The van der Waals surface area contributed by atoms with Crippen molar-refractivity contribution in [3.63, 3.8) is 0 Å². The minimum Gasteiger partial charge on any atom is -0.458 e. The van der Waals surface area contributed by atoms with Crippen molar-refractivity contribution in [2.45, 2.75) is 148 Å². The molecule has 0 spiro atoms. The molecule has 4 heterocycles. The predicted octanol–water partition coefficient (Wildman–Crippen LogP) is 5.29. The highest BCUT2D eigenvalue weighted by molar-refractivity contribution is 5.85. The van der Waals surface area contributed by atoms with E-state index in [1.807, 2.05) is 70.1 Å². The molecule has 2 N–H and O–H groups in total. The Morgan fingerprint density at radius 1 is 1.02 bits per heavy atom. The van der Waals surface area contributed by atoms with E-state index < -0.39 is 89.8 Å². The highest BCUT2D eigenvalue weighted by atomic mass is 16.7. The average molecular weight is 814 g/mol. The van der Waals surface area contributed by atoms with Crippen LogP contribution in [0.4, 0.5) is 9.59 Å². The first-order valence-electron chi connectivity index (χ1n) is 21.0. The number of ether oxygens (including phenoxy) is 6. The van der Waals surface area contributed by atoms with Gasteiger partial charge in [-0.15, -0.1) is 0 Å². The number of likely N-dealkylation sites (N-methyl/N-ethyl adjacent to an activating group) is 1. The number of esters is 1. The summed E-state index contributed by atoms with van der Waals surface area (Å²) in [6, 6.07) is 8.85. The molecule has 1 aromatic carbocycles. The van der Waals surface area contributed by atoms with Gasteiger partial charge >= 0.3 is 18.2 Å². The van der Waals surface area contributed by atoms with Gasteiger partial charge in [0.25, 0.3) is 0 Å². The van der Waals surface area contributed by atoms with Crippen LogP contribution in [-0.2, 0) is 44.4 Å². The summed E-state index contributed by atoms with van der Waals surface area (Å²) in [7, 11) is 3.75. The predicted molar refractivity (Wildman–Crippen MR) is 216 cm³/mol. The van der Waals surface area contributed by atoms with Gasteiger partial charge in [0.2, 0.25) is 0 Å². The largest absolute Gasteiger partial charge is 0.458 e. The number of hydrogen-bond acceptors (Lipinski definition) is 12. The second-order valence-electron chi connectivity index (χ2n) is 17.8. The first-order valence-corrected chi connectivity index (χ1v) is 21.0. The number of hydrogen-bond donors (Lipinski definition) is 2. The van der Waals surface area contributed by atoms with Crippen LogP contribution in [0.5, 0.6) is 0 Å². The van der Waals surface area contributed by atoms with E-state index in [1.54, 1.807) is 39.5 Å². The number of benzene rings is 1. The van der Waals surface area contributed by atoms with Crippen molar-refractivity contribution in [2.24, 2.45) is 23.7 Å². The molecule has 4 aliphatic heterocycles. The Hall–Kier alpha value is -3.56. The molecule has 14 nitrogen and oxygen atoms in total. The average Bonchev–Trinajstić information content (AvgIpc) is 3.43. The molecule has 2 amide bonds. The zero-order chi connectivity index (χ0) is 42.7. The SMILES string of the molecule is C=C1CNC(=O)O[C@]2(C)C[C@@H](C)C(=O)[C@H](C)[C@@H]3N(CCCc4ccccc4)C(=O)O[C@]3(C)[C@@H](CC)OC(=O)[C@H](C)[C@@H](OC1)[C@H](C)[C@H]2O[C@@H]1O[C@H](C)C[C@H](N(C)C)[C@H]1O. The molecule has 0 radical (unpaired) electrons. The summed E-state index contributed by atoms with van der Waals surface area (Å²) in [4.78, 5) is 60.5. The monoisotopic (exact) mass is 813 g/mol. The molecular formula is C44H67N3O11. The molecule has 0 unspecified atom stereocenters. The normalized spacial score (nSPS) is 39.5. The Balaban J connectivity index is 1.61. The fourth-order valence-corrected chi connectivity index (χ4v) is 9.85. The van der Waals surface area contributed by atoms with Crippen LogP contribution in [0.25, 0.3) is 0 Å². The van der Waals surface area contributed by atoms with E-state index in [9.17, 15) is 24.3 Å². The fourth-order valence-electron chi connectivity index (χ4n) is 9.85. The maximum absolute atomic E-state index is 14.9. The van der Waals surface area contributed by atoms with Crippen molar-refractivity contribution in [2.75, 3.05) is 33.8 Å². The van der Waals surface area contributed by atoms with Crippen LogP contribution < -0.4 is 5.32 Å². The van der Waals surface area contributed by atoms with E-state index in [0.717, 1.165) is 5.56 Å². The van der Waals surface area contributed by atoms with E-state index in [4.69, 9.17) is 28.4 Å². The van der Waals surface area contributed by atoms with Gasteiger partial charge in [-0.3, -0.25) is 9.59 Å². The lowest BCUT2D eigenvalue weighted by atomic mass is 9.73. The number of rotatable bonds is 8. The molecule has 4 saturated heterocycles. The molecule has 14 heteroatoms. The van der Waals surface area contributed by atoms with Crippen molar-refractivity contribution >= 4 is 23.9 Å². The molecule has 4 fully saturated rings. The van der Waals surface area contributed by atoms with Crippen molar-refractivity contribution < 1.29 is 52.7 Å². The number of aliphatic hydroxyl groups excluding tert-OH is 1. The van der Waals surface area contributed by atoms with E-state index in [0.29, 0.717) is 37.8 Å². The van der Waals surface area contributed by atoms with Gasteiger partial charge in [0.05, 0.1) is 30.8 Å². The third-order valence-corrected chi connectivity index (χ3v) is 12.9. The summed E-state index contributed by atoms with van der Waals surface area (Å²) in [6.45, 7) is 18.8. The first kappa shape index (κ1) is 45.5. The Morgan fingerprint density at radius 3 is 2.36 bits per heavy atom. The molecule has 2 bridgehead atoms. The zero-order valence-corrected chi connectivity index (χ0v) is 36.1. The Bertz CT molecular complexity index is 1630. The molecule has 0 aromatic heterocycles. The van der Waals surface area contributed by atoms with Crippen molar-refractivity contribution in [1.29, 1.82) is 0 Å². The van der Waals surface area contributed by atoms with Gasteiger partial charge in [0, 0.05) is 36.9 Å². The maximum atomic E-state index is 14.9. The smallest absolute Gasteiger partial charge is 0.410 e. The molecule has 0 saturated carbocycles. The number of ketones is 1. The number of cyclic esters (lactones) is 1. The topological polar surface area (TPSA) is 162 Å². The van der Waals surface area contributed by atoms with E-state index in [1.165, 1.54) is 0 Å². The van der Waals surface area contributed by atoms with Crippen LogP contribution in [0.1, 0.15) is 86.6 Å². The molecule has 58 heavy (non-hydrogen) atoms. The summed E-state index contributed by atoms with van der Waals surface area (Å²) >= 11 is 0. The lowest BCUT2D eigenvalue weighted by molar-refractivity contribution is -0.299. The van der Waals surface area contributed by atoms with Crippen LogP contribution in [0.15, 0.2) is 42.5 Å². The summed E-state index contributed by atoms with van der Waals surface area (Å²) in [5.41, 5.74) is -1.28. The number of aryl methyl sites for hydroxylation is 1. The summed E-state index contributed by atoms with van der Waals surface area (Å²) in [5.74, 6) is -3.96. The number of amides is 2. The zero-order valence-electron chi connectivity index (χ0n) is 36.1. The van der Waals surface area contributed by atoms with E-state index in [2.05, 4.69) is 11.9 Å². The molecule has 0 aliphatic carbocycles. The van der Waals surface area contributed by atoms with Gasteiger partial charge in [0.15, 0.2) is 11.9 Å². The number of nitrogens with one attached hydrogen (secondary N) is 1. The quantitative estimate of drug-likeness (QED) is 0.199. The molecule has 4 aliphatic rings. The van der Waals surface area contributed by atoms with Crippen molar-refractivity contribution in [1.82, 2.24) is 15.1 Å². The van der Waals surface area contributed by atoms with Crippen LogP contribution >= 0.6 is 0 Å². The molecule has 324 valence electrons. The lowest BCUT2D eigenvalue weighted by Gasteiger charge is -2.48. The second-order valence-corrected chi connectivity index (χ2v) is 17.8. The number of aliphatic hydroxyl groups is 1. The first-order chi connectivity index (χ1) is 27.3. The Morgan fingerprint density at radius 2 is 1.71 bits per heavy atom. The van der Waals surface area contributed by atoms with E-state index >= 15 is 0 Å². The van der Waals surface area contributed by atoms with Crippen LogP contribution in [0, 0.1) is 23.7 Å². The van der Waals surface area contributed by atoms with Crippen LogP contribution in [0.3, 0.4) is 0 Å². The Kier molecular flexibility index (Phi) is 14.7. The molecular weight excluding hydrogens is 746 g/mol. The van der Waals surface area contributed by atoms with E-state index in [-0.39, 0.29) is 37.5 Å². The van der Waals surface area contributed by atoms with Crippen LogP contribution in [0.2, 0.25) is 0 Å². The third kappa shape index (κ3) is 9.73. The van der Waals surface area contributed by atoms with Crippen molar-refractivity contribution in [3.8, 4) is 0 Å². The molecule has 14 atom stereocenters. The standard InChI is InChI=1S/C44H67N3O11/c1-12-33-44(9)37(47(42(52)58-44)20-16-19-31-17-14-13-15-18-31)28(5)34(48)26(3)22-43(8)38(56-40-35(49)32(46(10)11)21-27(4)54-40)29(6)36(30(7)39(50)55-33)53-24-25(2)23-45-41(51)57-43/h13-15,17-18,26-30,32-33,35-38,40,49H,2,12,16,19-24H2,1,3-11H3,(H,45,51)/t26-,27-,28+,29+,30-,32+,33-,35-,36+,37+,38-,40+,43-,44-/m1/s1. The number of Topliss-reactive ketones (excluding diaryl/α,β-unsaturated/α-hetero) is 1. The highest BCUT2D eigenvalue weighted by Crippen LogP contribution is 2.44. The number of carbonyl (C=O) groups excluding carboxylic acids is 4. The van der Waals surface area contributed by atoms with Gasteiger partial charge in [-0.05, 0) is 85.0 Å². The molecule has 1 aromatic rings. The van der Waals surface area contributed by atoms with Gasteiger partial charge < -0.3 is 48.6 Å².